The van der Waals surface area contributed by atoms with Crippen LogP contribution in [0.3, 0.4) is 0 Å². The lowest BCUT2D eigenvalue weighted by molar-refractivity contribution is -0.111. The fourth-order valence-electron chi connectivity index (χ4n) is 1.53. The molecule has 0 heterocycles. The Morgan fingerprint density at radius 2 is 1.65 bits per heavy atom. The van der Waals surface area contributed by atoms with Gasteiger partial charge in [-0.05, 0) is 23.8 Å². The van der Waals surface area contributed by atoms with E-state index in [0.717, 1.165) is 17.7 Å². The van der Waals surface area contributed by atoms with E-state index < -0.39 is 29.0 Å². The highest BCUT2D eigenvalue weighted by atomic mass is 19.2. The summed E-state index contributed by atoms with van der Waals surface area (Å²) in [5.74, 6) is -4.99. The molecule has 20 heavy (non-hydrogen) atoms. The summed E-state index contributed by atoms with van der Waals surface area (Å²) in [5.41, 5.74) is 0.375. The highest BCUT2D eigenvalue weighted by Crippen LogP contribution is 2.19. The normalized spacial score (nSPS) is 10.8. The fraction of sp³-hybridized carbons (Fsp3) is 0. The largest absolute Gasteiger partial charge is 0.320 e. The Morgan fingerprint density at radius 1 is 0.950 bits per heavy atom. The molecule has 2 rings (SSSR count). The Balaban J connectivity index is 2.09. The summed E-state index contributed by atoms with van der Waals surface area (Å²) >= 11 is 0. The molecule has 0 aliphatic rings. The minimum Gasteiger partial charge on any atom is -0.320 e. The van der Waals surface area contributed by atoms with Crippen LogP contribution in [0.5, 0.6) is 0 Å². The number of nitrogens with one attached hydrogen (secondary N) is 1. The van der Waals surface area contributed by atoms with Gasteiger partial charge in [-0.25, -0.2) is 13.2 Å². The van der Waals surface area contributed by atoms with E-state index in [4.69, 9.17) is 0 Å². The fourth-order valence-corrected chi connectivity index (χ4v) is 1.53. The van der Waals surface area contributed by atoms with Crippen LogP contribution in [0.15, 0.2) is 48.5 Å². The molecule has 0 saturated carbocycles. The first-order valence-corrected chi connectivity index (χ1v) is 5.75. The van der Waals surface area contributed by atoms with Crippen molar-refractivity contribution in [2.75, 3.05) is 5.32 Å². The molecule has 0 saturated heterocycles. The second-order valence-corrected chi connectivity index (χ2v) is 3.96. The lowest BCUT2D eigenvalue weighted by Crippen LogP contribution is -2.10. The molecule has 2 aromatic rings. The summed E-state index contributed by atoms with van der Waals surface area (Å²) in [7, 11) is 0. The predicted octanol–water partition coefficient (Wildman–Crippen LogP) is 3.76. The molecule has 0 unspecified atom stereocenters. The van der Waals surface area contributed by atoms with E-state index in [2.05, 4.69) is 5.32 Å². The lowest BCUT2D eigenvalue weighted by atomic mass is 10.2. The second kappa shape index (κ2) is 6.06. The van der Waals surface area contributed by atoms with Gasteiger partial charge in [0.15, 0.2) is 17.5 Å². The van der Waals surface area contributed by atoms with Gasteiger partial charge in [-0.1, -0.05) is 30.3 Å². The van der Waals surface area contributed by atoms with Crippen LogP contribution in [0, 0.1) is 17.5 Å². The number of hydrogen-bond acceptors (Lipinski definition) is 1. The maximum Gasteiger partial charge on any atom is 0.248 e. The van der Waals surface area contributed by atoms with Crippen LogP contribution in [0.25, 0.3) is 6.08 Å². The molecule has 5 heteroatoms. The zero-order chi connectivity index (χ0) is 14.5. The number of carbonyl (C=O) groups excluding carboxylic acids is 1. The lowest BCUT2D eigenvalue weighted by Gasteiger charge is -2.04. The standard InChI is InChI=1S/C15H10F3NO/c16-11-7-8-12(15(18)14(11)17)19-13(20)9-6-10-4-2-1-3-5-10/h1-9H,(H,19,20)/b9-6+. The number of hydrogen-bond donors (Lipinski definition) is 1. The summed E-state index contributed by atoms with van der Waals surface area (Å²) in [6.07, 6.45) is 2.70. The Hall–Kier alpha value is -2.56. The van der Waals surface area contributed by atoms with Crippen molar-refractivity contribution in [2.24, 2.45) is 0 Å². The van der Waals surface area contributed by atoms with Crippen LogP contribution in [0.4, 0.5) is 18.9 Å². The number of benzene rings is 2. The Labute approximate surface area is 113 Å². The van der Waals surface area contributed by atoms with Crippen LogP contribution < -0.4 is 5.32 Å². The van der Waals surface area contributed by atoms with Crippen molar-refractivity contribution in [3.05, 3.63) is 71.6 Å². The number of rotatable bonds is 3. The van der Waals surface area contributed by atoms with Gasteiger partial charge in [0.2, 0.25) is 5.91 Å². The maximum atomic E-state index is 13.3. The molecule has 2 nitrogen and oxygen atoms in total. The zero-order valence-corrected chi connectivity index (χ0v) is 10.2. The van der Waals surface area contributed by atoms with Crippen molar-refractivity contribution in [1.29, 1.82) is 0 Å². The molecule has 1 amide bonds. The van der Waals surface area contributed by atoms with Gasteiger partial charge in [0.05, 0.1) is 5.69 Å². The molecule has 0 bridgehead atoms. The van der Waals surface area contributed by atoms with Crippen molar-refractivity contribution in [2.45, 2.75) is 0 Å². The summed E-state index contributed by atoms with van der Waals surface area (Å²) in [6, 6.07) is 10.7. The molecular formula is C15H10F3NO. The predicted molar refractivity (Wildman–Crippen MR) is 70.4 cm³/mol. The Morgan fingerprint density at radius 3 is 2.35 bits per heavy atom. The van der Waals surface area contributed by atoms with Gasteiger partial charge in [-0.2, -0.15) is 0 Å². The van der Waals surface area contributed by atoms with E-state index in [0.29, 0.717) is 0 Å². The average Bonchev–Trinajstić information content (AvgIpc) is 2.47. The zero-order valence-electron chi connectivity index (χ0n) is 10.2. The molecule has 2 aromatic carbocycles. The van der Waals surface area contributed by atoms with Crippen molar-refractivity contribution in [1.82, 2.24) is 0 Å². The molecule has 0 spiro atoms. The van der Waals surface area contributed by atoms with Gasteiger partial charge >= 0.3 is 0 Å². The number of amides is 1. The Kier molecular flexibility index (Phi) is 4.20. The third-order valence-electron chi connectivity index (χ3n) is 2.52. The summed E-state index contributed by atoms with van der Waals surface area (Å²) in [5, 5.41) is 2.14. The van der Waals surface area contributed by atoms with Crippen LogP contribution >= 0.6 is 0 Å². The Bertz CT molecular complexity index is 654. The molecule has 0 fully saturated rings. The third kappa shape index (κ3) is 3.26. The molecule has 0 aliphatic carbocycles. The van der Waals surface area contributed by atoms with E-state index in [9.17, 15) is 18.0 Å². The van der Waals surface area contributed by atoms with Crippen LogP contribution in [0.1, 0.15) is 5.56 Å². The quantitative estimate of drug-likeness (QED) is 0.671. The monoisotopic (exact) mass is 277 g/mol. The van der Waals surface area contributed by atoms with E-state index in [1.807, 2.05) is 6.07 Å². The van der Waals surface area contributed by atoms with Crippen molar-refractivity contribution >= 4 is 17.7 Å². The van der Waals surface area contributed by atoms with Crippen LogP contribution in [-0.4, -0.2) is 5.91 Å². The van der Waals surface area contributed by atoms with Crippen molar-refractivity contribution in [3.8, 4) is 0 Å². The van der Waals surface area contributed by atoms with Gasteiger partial charge in [-0.15, -0.1) is 0 Å². The van der Waals surface area contributed by atoms with E-state index >= 15 is 0 Å². The van der Waals surface area contributed by atoms with Gasteiger partial charge in [-0.3, -0.25) is 4.79 Å². The molecule has 0 aromatic heterocycles. The minimum absolute atomic E-state index is 0.411. The molecule has 1 N–H and O–H groups in total. The number of carbonyl (C=O) groups is 1. The third-order valence-corrected chi connectivity index (χ3v) is 2.52. The van der Waals surface area contributed by atoms with Gasteiger partial charge in [0.25, 0.3) is 0 Å². The highest BCUT2D eigenvalue weighted by Gasteiger charge is 2.14. The highest BCUT2D eigenvalue weighted by molar-refractivity contribution is 6.01. The minimum atomic E-state index is -1.62. The first-order valence-electron chi connectivity index (χ1n) is 5.75. The van der Waals surface area contributed by atoms with Crippen molar-refractivity contribution in [3.63, 3.8) is 0 Å². The van der Waals surface area contributed by atoms with Gasteiger partial charge in [0.1, 0.15) is 0 Å². The molecular weight excluding hydrogens is 267 g/mol. The summed E-state index contributed by atoms with van der Waals surface area (Å²) < 4.78 is 39.0. The van der Waals surface area contributed by atoms with Gasteiger partial charge < -0.3 is 5.32 Å². The molecule has 0 atom stereocenters. The smallest absolute Gasteiger partial charge is 0.248 e. The topological polar surface area (TPSA) is 29.1 Å². The number of halogens is 3. The van der Waals surface area contributed by atoms with Crippen LogP contribution in [0.2, 0.25) is 0 Å². The second-order valence-electron chi connectivity index (χ2n) is 3.96. The van der Waals surface area contributed by atoms with Gasteiger partial charge in [0, 0.05) is 6.08 Å². The molecule has 102 valence electrons. The van der Waals surface area contributed by atoms with E-state index in [-0.39, 0.29) is 0 Å². The van der Waals surface area contributed by atoms with Crippen molar-refractivity contribution < 1.29 is 18.0 Å². The first-order chi connectivity index (χ1) is 9.58. The summed E-state index contributed by atoms with van der Waals surface area (Å²) in [6.45, 7) is 0. The van der Waals surface area contributed by atoms with Crippen LogP contribution in [-0.2, 0) is 4.79 Å². The van der Waals surface area contributed by atoms with E-state index in [1.54, 1.807) is 24.3 Å². The van der Waals surface area contributed by atoms with E-state index in [1.165, 1.54) is 12.2 Å². The maximum absolute atomic E-state index is 13.3. The SMILES string of the molecule is O=C(/C=C/c1ccccc1)Nc1ccc(F)c(F)c1F. The molecule has 0 radical (unpaired) electrons. The molecule has 0 aliphatic heterocycles. The summed E-state index contributed by atoms with van der Waals surface area (Å²) in [4.78, 5) is 11.6. The average molecular weight is 277 g/mol. The number of anilines is 1. The first kappa shape index (κ1) is 13.9.